The average molecular weight is 241 g/mol. The van der Waals surface area contributed by atoms with Crippen LogP contribution in [0.15, 0.2) is 18.3 Å². The van der Waals surface area contributed by atoms with Crippen molar-refractivity contribution >= 4 is 21.3 Å². The van der Waals surface area contributed by atoms with E-state index < -0.39 is 9.84 Å². The van der Waals surface area contributed by atoms with E-state index in [9.17, 15) is 8.42 Å². The summed E-state index contributed by atoms with van der Waals surface area (Å²) >= 11 is 0. The van der Waals surface area contributed by atoms with Gasteiger partial charge in [0.15, 0.2) is 9.84 Å². The fraction of sp³-hybridized carbons (Fsp3) is 0.500. The van der Waals surface area contributed by atoms with Gasteiger partial charge in [-0.3, -0.25) is 0 Å². The number of hydrogen-bond acceptors (Lipinski definition) is 5. The predicted octanol–water partition coefficient (Wildman–Crippen LogP) is 0.653. The third-order valence-corrected chi connectivity index (χ3v) is 5.04. The molecule has 1 aromatic rings. The summed E-state index contributed by atoms with van der Waals surface area (Å²) in [5, 5.41) is 2.75. The molecule has 0 aromatic carbocycles. The monoisotopic (exact) mass is 241 g/mol. The molecule has 0 aliphatic carbocycles. The lowest BCUT2D eigenvalue weighted by Gasteiger charge is -2.11. The Morgan fingerprint density at radius 1 is 1.50 bits per heavy atom. The van der Waals surface area contributed by atoms with Gasteiger partial charge < -0.3 is 11.1 Å². The van der Waals surface area contributed by atoms with Crippen LogP contribution in [-0.4, -0.2) is 30.9 Å². The standard InChI is InChI=1S/C10H15N3O2S/c11-8-3-4-10(12-6-8)13-7-9-2-1-5-16(9,14)15/h3-4,6,9H,1-2,5,7,11H2,(H,12,13). The van der Waals surface area contributed by atoms with E-state index in [4.69, 9.17) is 5.73 Å². The van der Waals surface area contributed by atoms with E-state index in [1.54, 1.807) is 18.3 Å². The molecule has 0 bridgehead atoms. The third kappa shape index (κ3) is 2.44. The molecule has 1 aliphatic rings. The van der Waals surface area contributed by atoms with Crippen LogP contribution in [0.25, 0.3) is 0 Å². The van der Waals surface area contributed by atoms with E-state index in [0.29, 0.717) is 23.8 Å². The maximum absolute atomic E-state index is 11.6. The van der Waals surface area contributed by atoms with Gasteiger partial charge in [-0.15, -0.1) is 0 Å². The zero-order valence-corrected chi connectivity index (χ0v) is 9.70. The van der Waals surface area contributed by atoms with Crippen LogP contribution in [0, 0.1) is 0 Å². The van der Waals surface area contributed by atoms with E-state index in [1.807, 2.05) is 0 Å². The first-order valence-electron chi connectivity index (χ1n) is 5.25. The second kappa shape index (κ2) is 4.29. The van der Waals surface area contributed by atoms with Crippen molar-refractivity contribution in [1.82, 2.24) is 4.98 Å². The highest BCUT2D eigenvalue weighted by molar-refractivity contribution is 7.92. The van der Waals surface area contributed by atoms with Crippen molar-refractivity contribution in [3.63, 3.8) is 0 Å². The predicted molar refractivity (Wildman–Crippen MR) is 63.9 cm³/mol. The van der Waals surface area contributed by atoms with Crippen LogP contribution in [0.4, 0.5) is 11.5 Å². The molecule has 0 saturated carbocycles. The van der Waals surface area contributed by atoms with E-state index in [2.05, 4.69) is 10.3 Å². The van der Waals surface area contributed by atoms with Crippen LogP contribution in [0.2, 0.25) is 0 Å². The molecule has 1 atom stereocenters. The molecule has 0 spiro atoms. The van der Waals surface area contributed by atoms with Gasteiger partial charge in [-0.05, 0) is 25.0 Å². The Hall–Kier alpha value is -1.30. The summed E-state index contributed by atoms with van der Waals surface area (Å²) in [6.07, 6.45) is 3.06. The molecule has 1 aliphatic heterocycles. The van der Waals surface area contributed by atoms with Crippen LogP contribution in [0.3, 0.4) is 0 Å². The Morgan fingerprint density at radius 3 is 2.88 bits per heavy atom. The number of nitrogen functional groups attached to an aromatic ring is 1. The number of nitrogens with two attached hydrogens (primary N) is 1. The zero-order valence-electron chi connectivity index (χ0n) is 8.89. The highest BCUT2D eigenvalue weighted by Crippen LogP contribution is 2.20. The highest BCUT2D eigenvalue weighted by Gasteiger charge is 2.30. The molecule has 88 valence electrons. The Bertz CT molecular complexity index is 455. The molecule has 1 aromatic heterocycles. The van der Waals surface area contributed by atoms with E-state index in [0.717, 1.165) is 12.8 Å². The molecule has 3 N–H and O–H groups in total. The number of nitrogens with zero attached hydrogens (tertiary/aromatic N) is 1. The molecule has 1 unspecified atom stereocenters. The summed E-state index contributed by atoms with van der Waals surface area (Å²) in [5.41, 5.74) is 6.10. The zero-order chi connectivity index (χ0) is 11.6. The third-order valence-electron chi connectivity index (χ3n) is 2.76. The Kier molecular flexibility index (Phi) is 3.00. The molecule has 5 nitrogen and oxygen atoms in total. The van der Waals surface area contributed by atoms with Crippen LogP contribution in [-0.2, 0) is 9.84 Å². The van der Waals surface area contributed by atoms with E-state index >= 15 is 0 Å². The molecule has 2 rings (SSSR count). The van der Waals surface area contributed by atoms with Crippen molar-refractivity contribution in [3.8, 4) is 0 Å². The van der Waals surface area contributed by atoms with Crippen molar-refractivity contribution < 1.29 is 8.42 Å². The summed E-state index contributed by atoms with van der Waals surface area (Å²) in [5.74, 6) is 0.977. The first-order chi connectivity index (χ1) is 7.58. The topological polar surface area (TPSA) is 85.1 Å². The second-order valence-electron chi connectivity index (χ2n) is 3.99. The summed E-state index contributed by atoms with van der Waals surface area (Å²) in [6, 6.07) is 3.48. The highest BCUT2D eigenvalue weighted by atomic mass is 32.2. The normalized spacial score (nSPS) is 23.1. The fourth-order valence-corrected chi connectivity index (χ4v) is 3.58. The van der Waals surface area contributed by atoms with Crippen molar-refractivity contribution in [1.29, 1.82) is 0 Å². The lowest BCUT2D eigenvalue weighted by atomic mass is 10.2. The van der Waals surface area contributed by atoms with Gasteiger partial charge in [0.1, 0.15) is 5.82 Å². The SMILES string of the molecule is Nc1ccc(NCC2CCCS2(=O)=O)nc1. The number of aromatic nitrogens is 1. The van der Waals surface area contributed by atoms with Gasteiger partial charge in [0, 0.05) is 6.54 Å². The quantitative estimate of drug-likeness (QED) is 0.811. The summed E-state index contributed by atoms with van der Waals surface area (Å²) < 4.78 is 23.1. The van der Waals surface area contributed by atoms with Gasteiger partial charge in [0.2, 0.25) is 0 Å². The van der Waals surface area contributed by atoms with Gasteiger partial charge in [0.25, 0.3) is 0 Å². The van der Waals surface area contributed by atoms with Crippen molar-refractivity contribution in [2.75, 3.05) is 23.3 Å². The molecule has 1 saturated heterocycles. The van der Waals surface area contributed by atoms with Crippen LogP contribution in [0.1, 0.15) is 12.8 Å². The van der Waals surface area contributed by atoms with Gasteiger partial charge in [-0.2, -0.15) is 0 Å². The first-order valence-corrected chi connectivity index (χ1v) is 6.96. The lowest BCUT2D eigenvalue weighted by Crippen LogP contribution is -2.25. The molecule has 0 amide bonds. The van der Waals surface area contributed by atoms with E-state index in [-0.39, 0.29) is 5.25 Å². The van der Waals surface area contributed by atoms with Crippen LogP contribution < -0.4 is 11.1 Å². The minimum absolute atomic E-state index is 0.271. The first kappa shape index (κ1) is 11.2. The number of hydrogen-bond donors (Lipinski definition) is 2. The van der Waals surface area contributed by atoms with Gasteiger partial charge in [-0.25, -0.2) is 13.4 Å². The second-order valence-corrected chi connectivity index (χ2v) is 6.39. The average Bonchev–Trinajstić information content (AvgIpc) is 2.57. The van der Waals surface area contributed by atoms with Gasteiger partial charge in [0.05, 0.1) is 22.9 Å². The molecule has 6 heteroatoms. The summed E-state index contributed by atoms with van der Waals surface area (Å²) in [7, 11) is -2.88. The molecule has 0 radical (unpaired) electrons. The smallest absolute Gasteiger partial charge is 0.154 e. The van der Waals surface area contributed by atoms with Crippen LogP contribution >= 0.6 is 0 Å². The number of pyridine rings is 1. The van der Waals surface area contributed by atoms with Crippen molar-refractivity contribution in [2.45, 2.75) is 18.1 Å². The largest absolute Gasteiger partial charge is 0.397 e. The molecular weight excluding hydrogens is 226 g/mol. The van der Waals surface area contributed by atoms with Crippen LogP contribution in [0.5, 0.6) is 0 Å². The number of sulfone groups is 1. The molecular formula is C10H15N3O2S. The van der Waals surface area contributed by atoms with Gasteiger partial charge >= 0.3 is 0 Å². The maximum atomic E-state index is 11.6. The minimum Gasteiger partial charge on any atom is -0.397 e. The Labute approximate surface area is 95.0 Å². The number of nitrogens with one attached hydrogen (secondary N) is 1. The molecule has 2 heterocycles. The summed E-state index contributed by atoms with van der Waals surface area (Å²) in [4.78, 5) is 4.06. The molecule has 16 heavy (non-hydrogen) atoms. The van der Waals surface area contributed by atoms with Crippen molar-refractivity contribution in [3.05, 3.63) is 18.3 Å². The fourth-order valence-electron chi connectivity index (χ4n) is 1.82. The van der Waals surface area contributed by atoms with E-state index in [1.165, 1.54) is 0 Å². The van der Waals surface area contributed by atoms with Crippen molar-refractivity contribution in [2.24, 2.45) is 0 Å². The maximum Gasteiger partial charge on any atom is 0.154 e. The Morgan fingerprint density at radius 2 is 2.31 bits per heavy atom. The lowest BCUT2D eigenvalue weighted by molar-refractivity contribution is 0.591. The molecule has 1 fully saturated rings. The van der Waals surface area contributed by atoms with Gasteiger partial charge in [-0.1, -0.05) is 0 Å². The number of rotatable bonds is 3. The minimum atomic E-state index is -2.88. The Balaban J connectivity index is 1.95. The number of anilines is 2. The summed E-state index contributed by atoms with van der Waals surface area (Å²) in [6.45, 7) is 0.430.